The summed E-state index contributed by atoms with van der Waals surface area (Å²) < 4.78 is 60.8. The lowest BCUT2D eigenvalue weighted by molar-refractivity contribution is 0.0535. The molecule has 0 bridgehead atoms. The van der Waals surface area contributed by atoms with Gasteiger partial charge in [0.25, 0.3) is 37.8 Å². The van der Waals surface area contributed by atoms with E-state index in [1.165, 1.54) is 24.3 Å². The zero-order valence-corrected chi connectivity index (χ0v) is 44.5. The number of nitrogens with one attached hydrogen (secondary N) is 3. The van der Waals surface area contributed by atoms with Crippen LogP contribution < -0.4 is 14.8 Å². The molecule has 17 heteroatoms. The molecule has 5 aromatic carbocycles. The summed E-state index contributed by atoms with van der Waals surface area (Å²) in [5.74, 6) is -0.725. The number of sulfonamides is 2. The van der Waals surface area contributed by atoms with E-state index in [2.05, 4.69) is 28.6 Å². The molecule has 2 fully saturated rings. The molecule has 5 amide bonds. The largest absolute Gasteiger partial charge is 0.338 e. The molecule has 388 valence electrons. The zero-order valence-electron chi connectivity index (χ0n) is 42.9. The third kappa shape index (κ3) is 13.5. The Bertz CT molecular complexity index is 3020. The zero-order chi connectivity index (χ0) is 52.5. The summed E-state index contributed by atoms with van der Waals surface area (Å²) in [7, 11) is -8.25. The average Bonchev–Trinajstić information content (AvgIpc) is 3.39. The van der Waals surface area contributed by atoms with Crippen molar-refractivity contribution in [3.05, 3.63) is 142 Å². The van der Waals surface area contributed by atoms with Gasteiger partial charge in [-0.1, -0.05) is 83.0 Å². The highest BCUT2D eigenvalue weighted by Gasteiger charge is 2.31. The molecule has 2 aliphatic rings. The fraction of sp³-hybridized carbons (Fsp3) is 0.393. The van der Waals surface area contributed by atoms with E-state index in [0.717, 1.165) is 49.7 Å². The Balaban J connectivity index is 1.08. The lowest BCUT2D eigenvalue weighted by Gasteiger charge is -2.35. The Morgan fingerprint density at radius 3 is 1.55 bits per heavy atom. The Hall–Kier alpha value is -6.72. The first-order valence-corrected chi connectivity index (χ1v) is 28.3. The number of rotatable bonds is 18. The molecule has 0 aliphatic carbocycles. The number of hydrogen-bond donors (Lipinski definition) is 3. The van der Waals surface area contributed by atoms with Crippen LogP contribution >= 0.6 is 0 Å². The summed E-state index contributed by atoms with van der Waals surface area (Å²) >= 11 is 0. The monoisotopic (exact) mass is 1030 g/mol. The molecule has 0 atom stereocenters. The van der Waals surface area contributed by atoms with Crippen LogP contribution in [0.4, 0.5) is 16.2 Å². The maximum atomic E-state index is 14.5. The maximum absolute atomic E-state index is 14.5. The fourth-order valence-electron chi connectivity index (χ4n) is 9.00. The van der Waals surface area contributed by atoms with E-state index >= 15 is 0 Å². The van der Waals surface area contributed by atoms with E-state index in [-0.39, 0.29) is 89.9 Å². The number of benzene rings is 5. The van der Waals surface area contributed by atoms with Gasteiger partial charge in [0.15, 0.2) is 0 Å². The number of anilines is 2. The van der Waals surface area contributed by atoms with Crippen LogP contribution in [0, 0.1) is 19.8 Å². The number of hydrogen-bond acceptors (Lipinski definition) is 8. The molecule has 2 heterocycles. The second-order valence-corrected chi connectivity index (χ2v) is 22.8. The average molecular weight is 1030 g/mol. The topological polar surface area (TPSA) is 186 Å². The number of nitrogens with zero attached hydrogens (tertiary/aromatic N) is 4. The number of carbonyl (C=O) groups is 4. The molecular weight excluding hydrogens is 963 g/mol. The normalized spacial score (nSPS) is 14.3. The van der Waals surface area contributed by atoms with Crippen molar-refractivity contribution in [3.63, 3.8) is 0 Å². The Morgan fingerprint density at radius 1 is 0.548 bits per heavy atom. The Labute approximate surface area is 431 Å². The fourth-order valence-corrected chi connectivity index (χ4v) is 11.2. The SMILES string of the molecule is CCCCc1ccc(NS(=O)(=O)c2ccc(C)c(C(=O)N3CCN(C(=O)c4cccc(-c5cc(S(=O)(=O)Nc6ccc(CCCC)cc6)cc(C(=O)N6CCN(C(=O)NCC(C)C)CC6)c5C)c4)CC3)c2)cc1. The number of piperazine rings is 2. The number of amides is 5. The smallest absolute Gasteiger partial charge is 0.317 e. The minimum absolute atomic E-state index is 0.0371. The number of unbranched alkanes of at least 4 members (excludes halogenated alkanes) is 2. The highest BCUT2D eigenvalue weighted by Crippen LogP contribution is 2.33. The van der Waals surface area contributed by atoms with Crippen LogP contribution in [0.15, 0.2) is 113 Å². The highest BCUT2D eigenvalue weighted by molar-refractivity contribution is 7.93. The molecule has 2 aliphatic heterocycles. The first-order chi connectivity index (χ1) is 34.9. The van der Waals surface area contributed by atoms with Gasteiger partial charge in [-0.05, 0) is 139 Å². The third-order valence-corrected chi connectivity index (χ3v) is 16.3. The van der Waals surface area contributed by atoms with Crippen molar-refractivity contribution in [2.75, 3.05) is 68.3 Å². The summed E-state index contributed by atoms with van der Waals surface area (Å²) in [4.78, 5) is 61.9. The van der Waals surface area contributed by atoms with Gasteiger partial charge in [0, 0.05) is 87.0 Å². The first kappa shape index (κ1) is 54.1. The molecule has 0 saturated carbocycles. The quantitative estimate of drug-likeness (QED) is 0.0776. The van der Waals surface area contributed by atoms with Crippen LogP contribution in [-0.4, -0.2) is 119 Å². The van der Waals surface area contributed by atoms with E-state index in [9.17, 15) is 36.0 Å². The van der Waals surface area contributed by atoms with Crippen molar-refractivity contribution in [3.8, 4) is 11.1 Å². The maximum Gasteiger partial charge on any atom is 0.317 e. The van der Waals surface area contributed by atoms with Crippen molar-refractivity contribution in [1.82, 2.24) is 24.9 Å². The van der Waals surface area contributed by atoms with Gasteiger partial charge in [-0.3, -0.25) is 23.8 Å². The van der Waals surface area contributed by atoms with Crippen LogP contribution in [0.25, 0.3) is 11.1 Å². The molecule has 0 radical (unpaired) electrons. The third-order valence-electron chi connectivity index (χ3n) is 13.5. The molecule has 5 aromatic rings. The van der Waals surface area contributed by atoms with Crippen molar-refractivity contribution >= 4 is 55.2 Å². The molecule has 73 heavy (non-hydrogen) atoms. The molecule has 7 rings (SSSR count). The van der Waals surface area contributed by atoms with Crippen molar-refractivity contribution in [2.45, 2.75) is 89.9 Å². The van der Waals surface area contributed by atoms with E-state index in [1.807, 2.05) is 38.1 Å². The lowest BCUT2D eigenvalue weighted by Crippen LogP contribution is -2.53. The summed E-state index contributed by atoms with van der Waals surface area (Å²) in [5, 5.41) is 2.93. The van der Waals surface area contributed by atoms with Crippen LogP contribution in [0.1, 0.15) is 107 Å². The van der Waals surface area contributed by atoms with E-state index < -0.39 is 20.0 Å². The van der Waals surface area contributed by atoms with Gasteiger partial charge in [0.2, 0.25) is 0 Å². The van der Waals surface area contributed by atoms with Crippen molar-refractivity contribution in [2.24, 2.45) is 5.92 Å². The van der Waals surface area contributed by atoms with E-state index in [1.54, 1.807) is 88.0 Å². The molecule has 2 saturated heterocycles. The summed E-state index contributed by atoms with van der Waals surface area (Å²) in [6.07, 6.45) is 5.94. The first-order valence-electron chi connectivity index (χ1n) is 25.4. The van der Waals surface area contributed by atoms with E-state index in [0.29, 0.717) is 58.8 Å². The molecule has 15 nitrogen and oxygen atoms in total. The predicted octanol–water partition coefficient (Wildman–Crippen LogP) is 8.98. The Kier molecular flexibility index (Phi) is 17.7. The van der Waals surface area contributed by atoms with Gasteiger partial charge in [-0.2, -0.15) is 0 Å². The van der Waals surface area contributed by atoms with Crippen LogP contribution in [0.3, 0.4) is 0 Å². The standard InChI is InChI=1S/C56H69N7O8S2/c1-7-9-12-42-17-21-46(22-18-42)58-72(68,69)48-25-16-40(5)50(35-48)54(65)61-28-26-60(27-29-61)53(64)45-15-11-14-44(34-45)51-36-49(73(70,71)59-47-23-19-43(20-24-47)13-10-8-2)37-52(41(51)6)55(66)62-30-32-63(33-31-62)56(67)57-38-39(3)4/h11,14-25,34-37,39,58-59H,7-10,12-13,26-33,38H2,1-6H3,(H,57,67). The van der Waals surface area contributed by atoms with Gasteiger partial charge in [-0.25, -0.2) is 21.6 Å². The van der Waals surface area contributed by atoms with Crippen LogP contribution in [0.5, 0.6) is 0 Å². The number of aryl methyl sites for hydroxylation is 3. The Morgan fingerprint density at radius 2 is 1.03 bits per heavy atom. The summed E-state index contributed by atoms with van der Waals surface area (Å²) in [5.41, 5.74) is 5.92. The summed E-state index contributed by atoms with van der Waals surface area (Å²) in [6, 6.07) is 28.6. The molecule has 0 unspecified atom stereocenters. The number of carbonyl (C=O) groups excluding carboxylic acids is 4. The van der Waals surface area contributed by atoms with Crippen molar-refractivity contribution in [1.29, 1.82) is 0 Å². The highest BCUT2D eigenvalue weighted by atomic mass is 32.2. The molecule has 0 spiro atoms. The molecule has 3 N–H and O–H groups in total. The minimum atomic E-state index is -4.24. The van der Waals surface area contributed by atoms with Gasteiger partial charge >= 0.3 is 6.03 Å². The second kappa shape index (κ2) is 23.9. The van der Waals surface area contributed by atoms with Gasteiger partial charge in [0.1, 0.15) is 0 Å². The van der Waals surface area contributed by atoms with Gasteiger partial charge < -0.3 is 24.9 Å². The van der Waals surface area contributed by atoms with Gasteiger partial charge in [0.05, 0.1) is 9.79 Å². The molecule has 0 aromatic heterocycles. The lowest BCUT2D eigenvalue weighted by atomic mass is 9.94. The van der Waals surface area contributed by atoms with Crippen LogP contribution in [0.2, 0.25) is 0 Å². The minimum Gasteiger partial charge on any atom is -0.338 e. The van der Waals surface area contributed by atoms with Gasteiger partial charge in [-0.15, -0.1) is 0 Å². The predicted molar refractivity (Wildman–Crippen MR) is 287 cm³/mol. The van der Waals surface area contributed by atoms with E-state index in [4.69, 9.17) is 0 Å². The molecular formula is C56H69N7O8S2. The second-order valence-electron chi connectivity index (χ2n) is 19.5. The number of urea groups is 1. The van der Waals surface area contributed by atoms with Crippen LogP contribution in [-0.2, 0) is 32.9 Å². The van der Waals surface area contributed by atoms with Crippen molar-refractivity contribution < 1.29 is 36.0 Å². The summed E-state index contributed by atoms with van der Waals surface area (Å²) in [6.45, 7) is 14.3.